The summed E-state index contributed by atoms with van der Waals surface area (Å²) in [5.41, 5.74) is 3.00. The lowest BCUT2D eigenvalue weighted by molar-refractivity contribution is 0.655. The minimum Gasteiger partial charge on any atom is -0.266 e. The van der Waals surface area contributed by atoms with Crippen LogP contribution in [0.1, 0.15) is 43.2 Å². The van der Waals surface area contributed by atoms with Gasteiger partial charge in [0.2, 0.25) is 0 Å². The van der Waals surface area contributed by atoms with Crippen molar-refractivity contribution in [3.05, 3.63) is 56.8 Å². The Bertz CT molecular complexity index is 881. The fourth-order valence-corrected chi connectivity index (χ4v) is 3.11. The Morgan fingerprint density at radius 3 is 2.46 bits per heavy atom. The molecule has 0 unspecified atom stereocenters. The Morgan fingerprint density at radius 1 is 1.17 bits per heavy atom. The number of halogens is 1. The highest BCUT2D eigenvalue weighted by molar-refractivity contribution is 6.30. The molecule has 0 saturated heterocycles. The van der Waals surface area contributed by atoms with Crippen LogP contribution in [0.5, 0.6) is 0 Å². The topological polar surface area (TPSA) is 58.1 Å². The largest absolute Gasteiger partial charge is 0.289 e. The first-order valence-electron chi connectivity index (χ1n) is 8.09. The molecule has 1 aromatic heterocycles. The van der Waals surface area contributed by atoms with Gasteiger partial charge in [0, 0.05) is 16.3 Å². The molecule has 5 heteroatoms. The van der Waals surface area contributed by atoms with Crippen molar-refractivity contribution < 1.29 is 0 Å². The average molecular weight is 340 g/mol. The van der Waals surface area contributed by atoms with Crippen molar-refractivity contribution in [3.8, 4) is 17.3 Å². The molecule has 1 aliphatic carbocycles. The van der Waals surface area contributed by atoms with Crippen LogP contribution in [0.2, 0.25) is 5.02 Å². The molecule has 0 spiro atoms. The highest BCUT2D eigenvalue weighted by Crippen LogP contribution is 2.23. The molecule has 0 atom stereocenters. The first kappa shape index (κ1) is 16.5. The van der Waals surface area contributed by atoms with E-state index in [1.165, 1.54) is 11.1 Å². The van der Waals surface area contributed by atoms with E-state index in [0.29, 0.717) is 16.3 Å². The zero-order valence-corrected chi connectivity index (χ0v) is 14.3. The van der Waals surface area contributed by atoms with Crippen LogP contribution in [0, 0.1) is 18.3 Å². The Kier molecular flexibility index (Phi) is 4.82. The summed E-state index contributed by atoms with van der Waals surface area (Å²) in [6.45, 7) is 1.78. The molecule has 2 aromatic rings. The third-order valence-electron chi connectivity index (χ3n) is 4.31. The van der Waals surface area contributed by atoms with E-state index >= 15 is 0 Å². The summed E-state index contributed by atoms with van der Waals surface area (Å²) in [5.74, 6) is 0. The second-order valence-electron chi connectivity index (χ2n) is 6.05. The molecule has 0 amide bonds. The second-order valence-corrected chi connectivity index (χ2v) is 6.49. The van der Waals surface area contributed by atoms with Crippen LogP contribution in [0.15, 0.2) is 40.2 Å². The molecule has 1 heterocycles. The molecular weight excluding hydrogens is 322 g/mol. The van der Waals surface area contributed by atoms with Crippen LogP contribution >= 0.6 is 11.6 Å². The molecule has 24 heavy (non-hydrogen) atoms. The normalized spacial score (nSPS) is 14.3. The minimum atomic E-state index is -0.361. The van der Waals surface area contributed by atoms with Crippen LogP contribution in [-0.2, 0) is 0 Å². The number of hydrogen-bond donors (Lipinski definition) is 0. The second kappa shape index (κ2) is 7.02. The summed E-state index contributed by atoms with van der Waals surface area (Å²) in [5, 5.41) is 14.5. The summed E-state index contributed by atoms with van der Waals surface area (Å²) in [4.78, 5) is 12.8. The molecule has 0 aliphatic heterocycles. The van der Waals surface area contributed by atoms with Crippen LogP contribution in [0.25, 0.3) is 11.3 Å². The standard InChI is InChI=1S/C19H18ClN3O/c1-13-11-18(14-7-9-15(20)10-8-14)23(19(24)17(13)12-21)22-16-5-3-2-4-6-16/h7-11H,2-6H2,1H3. The lowest BCUT2D eigenvalue weighted by atomic mass is 9.99. The quantitative estimate of drug-likeness (QED) is 0.807. The maximum Gasteiger partial charge on any atom is 0.289 e. The van der Waals surface area contributed by atoms with Gasteiger partial charge in [-0.05, 0) is 56.4 Å². The summed E-state index contributed by atoms with van der Waals surface area (Å²) in [7, 11) is 0. The van der Waals surface area contributed by atoms with Crippen LogP contribution in [0.3, 0.4) is 0 Å². The molecule has 0 N–H and O–H groups in total. The van der Waals surface area contributed by atoms with E-state index in [2.05, 4.69) is 5.10 Å². The van der Waals surface area contributed by atoms with Gasteiger partial charge in [0.15, 0.2) is 0 Å². The molecule has 0 bridgehead atoms. The molecule has 4 nitrogen and oxygen atoms in total. The van der Waals surface area contributed by atoms with Crippen molar-refractivity contribution in [2.45, 2.75) is 39.0 Å². The van der Waals surface area contributed by atoms with Crippen molar-refractivity contribution >= 4 is 17.3 Å². The zero-order valence-electron chi connectivity index (χ0n) is 13.6. The Labute approximate surface area is 146 Å². The van der Waals surface area contributed by atoms with Gasteiger partial charge in [-0.1, -0.05) is 30.2 Å². The molecule has 122 valence electrons. The van der Waals surface area contributed by atoms with Crippen LogP contribution in [-0.4, -0.2) is 10.4 Å². The van der Waals surface area contributed by atoms with Gasteiger partial charge in [-0.15, -0.1) is 0 Å². The van der Waals surface area contributed by atoms with Crippen molar-refractivity contribution in [2.75, 3.05) is 0 Å². The van der Waals surface area contributed by atoms with E-state index in [1.54, 1.807) is 19.1 Å². The number of pyridine rings is 1. The average Bonchev–Trinajstić information content (AvgIpc) is 2.59. The minimum absolute atomic E-state index is 0.146. The first-order chi connectivity index (χ1) is 11.6. The van der Waals surface area contributed by atoms with E-state index < -0.39 is 0 Å². The SMILES string of the molecule is Cc1cc(-c2ccc(Cl)cc2)n(N=C2CCCCC2)c(=O)c1C#N. The summed E-state index contributed by atoms with van der Waals surface area (Å²) < 4.78 is 1.38. The van der Waals surface area contributed by atoms with Crippen molar-refractivity contribution in [1.82, 2.24) is 4.68 Å². The predicted octanol–water partition coefficient (Wildman–Crippen LogP) is 4.52. The number of hydrogen-bond acceptors (Lipinski definition) is 3. The first-order valence-corrected chi connectivity index (χ1v) is 8.47. The fourth-order valence-electron chi connectivity index (χ4n) is 2.99. The van der Waals surface area contributed by atoms with E-state index in [0.717, 1.165) is 37.0 Å². The number of aryl methyl sites for hydroxylation is 1. The number of benzene rings is 1. The van der Waals surface area contributed by atoms with Gasteiger partial charge in [0.1, 0.15) is 11.6 Å². The smallest absolute Gasteiger partial charge is 0.266 e. The van der Waals surface area contributed by atoms with Gasteiger partial charge in [-0.3, -0.25) is 4.79 Å². The molecule has 1 saturated carbocycles. The number of aromatic nitrogens is 1. The van der Waals surface area contributed by atoms with Gasteiger partial charge >= 0.3 is 0 Å². The van der Waals surface area contributed by atoms with Crippen molar-refractivity contribution in [3.63, 3.8) is 0 Å². The third kappa shape index (κ3) is 3.27. The fraction of sp³-hybridized carbons (Fsp3) is 0.316. The van der Waals surface area contributed by atoms with E-state index in [-0.39, 0.29) is 11.1 Å². The van der Waals surface area contributed by atoms with Gasteiger partial charge in [-0.25, -0.2) is 0 Å². The summed E-state index contributed by atoms with van der Waals surface area (Å²) >= 11 is 5.97. The number of nitriles is 1. The van der Waals surface area contributed by atoms with Crippen LogP contribution in [0.4, 0.5) is 0 Å². The molecule has 1 aromatic carbocycles. The third-order valence-corrected chi connectivity index (χ3v) is 4.56. The summed E-state index contributed by atoms with van der Waals surface area (Å²) in [6.07, 6.45) is 5.21. The van der Waals surface area contributed by atoms with Gasteiger partial charge in [0.25, 0.3) is 5.56 Å². The number of rotatable bonds is 2. The van der Waals surface area contributed by atoms with E-state index in [4.69, 9.17) is 11.6 Å². The van der Waals surface area contributed by atoms with Gasteiger partial charge in [0.05, 0.1) is 5.69 Å². The molecule has 1 fully saturated rings. The van der Waals surface area contributed by atoms with Gasteiger partial charge < -0.3 is 0 Å². The molecular formula is C19H18ClN3O. The zero-order chi connectivity index (χ0) is 17.1. The van der Waals surface area contributed by atoms with E-state index in [9.17, 15) is 10.1 Å². The summed E-state index contributed by atoms with van der Waals surface area (Å²) in [6, 6.07) is 11.1. The maximum absolute atomic E-state index is 12.8. The van der Waals surface area contributed by atoms with Crippen molar-refractivity contribution in [2.24, 2.45) is 5.10 Å². The Morgan fingerprint density at radius 2 is 1.83 bits per heavy atom. The lowest BCUT2D eigenvalue weighted by Crippen LogP contribution is -2.24. The van der Waals surface area contributed by atoms with E-state index in [1.807, 2.05) is 24.3 Å². The predicted molar refractivity (Wildman–Crippen MR) is 96.5 cm³/mol. The Balaban J connectivity index is 2.22. The monoisotopic (exact) mass is 339 g/mol. The van der Waals surface area contributed by atoms with Crippen LogP contribution < -0.4 is 5.56 Å². The van der Waals surface area contributed by atoms with Crippen molar-refractivity contribution in [1.29, 1.82) is 5.26 Å². The molecule has 0 radical (unpaired) electrons. The molecule has 1 aliphatic rings. The number of nitrogens with zero attached hydrogens (tertiary/aromatic N) is 3. The highest BCUT2D eigenvalue weighted by Gasteiger charge is 2.15. The maximum atomic E-state index is 12.8. The Hall–Kier alpha value is -2.38. The van der Waals surface area contributed by atoms with Gasteiger partial charge in [-0.2, -0.15) is 15.0 Å². The highest BCUT2D eigenvalue weighted by atomic mass is 35.5. The molecule has 3 rings (SSSR count). The lowest BCUT2D eigenvalue weighted by Gasteiger charge is -2.16.